The Morgan fingerprint density at radius 3 is 2.83 bits per heavy atom. The topological polar surface area (TPSA) is 65.2 Å². The first-order valence-corrected chi connectivity index (χ1v) is 6.08. The van der Waals surface area contributed by atoms with Crippen molar-refractivity contribution in [2.75, 3.05) is 0 Å². The second-order valence-electron chi connectivity index (χ2n) is 3.70. The summed E-state index contributed by atoms with van der Waals surface area (Å²) >= 11 is 3.33. The number of rotatable bonds is 4. The average Bonchev–Trinajstić information content (AvgIpc) is 2.72. The molecule has 2 aromatic rings. The summed E-state index contributed by atoms with van der Waals surface area (Å²) in [6.45, 7) is 3.33. The van der Waals surface area contributed by atoms with E-state index >= 15 is 0 Å². The second-order valence-corrected chi connectivity index (χ2v) is 4.62. The highest BCUT2D eigenvalue weighted by Gasteiger charge is 2.11. The lowest BCUT2D eigenvalue weighted by molar-refractivity contribution is 0.101. The number of ether oxygens (including phenoxy) is 1. The molecule has 1 heterocycles. The molecule has 1 aromatic heterocycles. The Bertz CT molecular complexity index is 580. The van der Waals surface area contributed by atoms with Gasteiger partial charge in [0.2, 0.25) is 5.89 Å². The molecule has 18 heavy (non-hydrogen) atoms. The van der Waals surface area contributed by atoms with Crippen molar-refractivity contribution >= 4 is 21.7 Å². The van der Waals surface area contributed by atoms with Gasteiger partial charge in [-0.2, -0.15) is 0 Å². The van der Waals surface area contributed by atoms with Crippen molar-refractivity contribution in [3.05, 3.63) is 40.0 Å². The van der Waals surface area contributed by atoms with Crippen LogP contribution in [0.1, 0.15) is 29.1 Å². The molecular formula is C12H11BrN2O3. The van der Waals surface area contributed by atoms with Crippen LogP contribution in [0, 0.1) is 6.92 Å². The SMILES string of the molecule is CC(=O)c1ccc(Br)cc1OCc1nnc(C)o1. The first kappa shape index (κ1) is 12.8. The van der Waals surface area contributed by atoms with E-state index in [1.54, 1.807) is 25.1 Å². The average molecular weight is 311 g/mol. The van der Waals surface area contributed by atoms with Gasteiger partial charge in [-0.05, 0) is 25.1 Å². The largest absolute Gasteiger partial charge is 0.483 e. The Morgan fingerprint density at radius 2 is 2.22 bits per heavy atom. The summed E-state index contributed by atoms with van der Waals surface area (Å²) in [5, 5.41) is 7.52. The van der Waals surface area contributed by atoms with Crippen molar-refractivity contribution in [2.45, 2.75) is 20.5 Å². The third-order valence-corrected chi connectivity index (χ3v) is 2.74. The lowest BCUT2D eigenvalue weighted by Crippen LogP contribution is -2.02. The Morgan fingerprint density at radius 1 is 1.44 bits per heavy atom. The van der Waals surface area contributed by atoms with Crippen LogP contribution in [-0.2, 0) is 6.61 Å². The predicted octanol–water partition coefficient (Wildman–Crippen LogP) is 2.92. The number of hydrogen-bond donors (Lipinski definition) is 0. The fraction of sp³-hybridized carbons (Fsp3) is 0.250. The summed E-state index contributed by atoms with van der Waals surface area (Å²) < 4.78 is 11.6. The molecular weight excluding hydrogens is 300 g/mol. The highest BCUT2D eigenvalue weighted by Crippen LogP contribution is 2.25. The third kappa shape index (κ3) is 2.95. The number of hydrogen-bond acceptors (Lipinski definition) is 5. The van der Waals surface area contributed by atoms with Crippen LogP contribution in [0.4, 0.5) is 0 Å². The second kappa shape index (κ2) is 5.30. The Labute approximate surface area is 112 Å². The number of carbonyl (C=O) groups excluding carboxylic acids is 1. The van der Waals surface area contributed by atoms with E-state index in [9.17, 15) is 4.79 Å². The van der Waals surface area contributed by atoms with Crippen molar-refractivity contribution in [3.63, 3.8) is 0 Å². The Kier molecular flexibility index (Phi) is 3.76. The van der Waals surface area contributed by atoms with E-state index in [0.717, 1.165) is 4.47 Å². The van der Waals surface area contributed by atoms with Crippen LogP contribution >= 0.6 is 15.9 Å². The molecule has 94 valence electrons. The molecule has 0 amide bonds. The van der Waals surface area contributed by atoms with Crippen molar-refractivity contribution < 1.29 is 13.9 Å². The van der Waals surface area contributed by atoms with Gasteiger partial charge >= 0.3 is 0 Å². The standard InChI is InChI=1S/C12H11BrN2O3/c1-7(16)10-4-3-9(13)5-11(10)17-6-12-15-14-8(2)18-12/h3-5H,6H2,1-2H3. The number of Topliss-reactive ketones (excluding diaryl/α,β-unsaturated/α-hetero) is 1. The zero-order valence-corrected chi connectivity index (χ0v) is 11.5. The highest BCUT2D eigenvalue weighted by atomic mass is 79.9. The Balaban J connectivity index is 2.17. The number of carbonyl (C=O) groups is 1. The number of nitrogens with zero attached hydrogens (tertiary/aromatic N) is 2. The monoisotopic (exact) mass is 310 g/mol. The molecule has 5 nitrogen and oxygen atoms in total. The van der Waals surface area contributed by atoms with Gasteiger partial charge in [-0.25, -0.2) is 0 Å². The van der Waals surface area contributed by atoms with E-state index in [2.05, 4.69) is 26.1 Å². The first-order chi connectivity index (χ1) is 8.56. The molecule has 1 aromatic carbocycles. The number of halogens is 1. The minimum atomic E-state index is -0.0563. The van der Waals surface area contributed by atoms with Gasteiger partial charge in [0.05, 0.1) is 5.56 Å². The minimum Gasteiger partial charge on any atom is -0.483 e. The maximum atomic E-state index is 11.4. The predicted molar refractivity (Wildman–Crippen MR) is 67.5 cm³/mol. The van der Waals surface area contributed by atoms with Gasteiger partial charge in [0.25, 0.3) is 5.89 Å². The minimum absolute atomic E-state index is 0.0563. The molecule has 0 saturated heterocycles. The first-order valence-electron chi connectivity index (χ1n) is 5.28. The molecule has 0 spiro atoms. The van der Waals surface area contributed by atoms with Crippen molar-refractivity contribution in [3.8, 4) is 5.75 Å². The summed E-state index contributed by atoms with van der Waals surface area (Å²) in [5.41, 5.74) is 0.523. The molecule has 0 fully saturated rings. The highest BCUT2D eigenvalue weighted by molar-refractivity contribution is 9.10. The molecule has 0 aliphatic heterocycles. The molecule has 0 saturated carbocycles. The molecule has 0 N–H and O–H groups in total. The fourth-order valence-electron chi connectivity index (χ4n) is 1.44. The van der Waals surface area contributed by atoms with Crippen LogP contribution in [0.2, 0.25) is 0 Å². The van der Waals surface area contributed by atoms with E-state index in [4.69, 9.17) is 9.15 Å². The molecule has 0 radical (unpaired) electrons. The van der Waals surface area contributed by atoms with Crippen LogP contribution < -0.4 is 4.74 Å². The number of benzene rings is 1. The lowest BCUT2D eigenvalue weighted by Gasteiger charge is -2.08. The zero-order valence-electron chi connectivity index (χ0n) is 9.94. The normalized spacial score (nSPS) is 10.4. The van der Waals surface area contributed by atoms with Crippen LogP contribution in [0.25, 0.3) is 0 Å². The van der Waals surface area contributed by atoms with Crippen molar-refractivity contribution in [2.24, 2.45) is 0 Å². The summed E-state index contributed by atoms with van der Waals surface area (Å²) in [7, 11) is 0. The van der Waals surface area contributed by atoms with E-state index in [1.165, 1.54) is 6.92 Å². The van der Waals surface area contributed by atoms with Crippen LogP contribution in [0.15, 0.2) is 27.1 Å². The maximum absolute atomic E-state index is 11.4. The van der Waals surface area contributed by atoms with Gasteiger partial charge in [-0.3, -0.25) is 4.79 Å². The lowest BCUT2D eigenvalue weighted by atomic mass is 10.1. The molecule has 0 unspecified atom stereocenters. The van der Waals surface area contributed by atoms with E-state index in [0.29, 0.717) is 23.1 Å². The fourth-order valence-corrected chi connectivity index (χ4v) is 1.78. The molecule has 0 atom stereocenters. The zero-order chi connectivity index (χ0) is 13.1. The maximum Gasteiger partial charge on any atom is 0.253 e. The van der Waals surface area contributed by atoms with E-state index in [-0.39, 0.29) is 12.4 Å². The third-order valence-electron chi connectivity index (χ3n) is 2.24. The van der Waals surface area contributed by atoms with Crippen molar-refractivity contribution in [1.82, 2.24) is 10.2 Å². The summed E-state index contributed by atoms with van der Waals surface area (Å²) in [6.07, 6.45) is 0. The molecule has 6 heteroatoms. The van der Waals surface area contributed by atoms with Gasteiger partial charge in [-0.15, -0.1) is 10.2 Å². The van der Waals surface area contributed by atoms with Crippen LogP contribution in [-0.4, -0.2) is 16.0 Å². The quantitative estimate of drug-likeness (QED) is 0.812. The van der Waals surface area contributed by atoms with Gasteiger partial charge < -0.3 is 9.15 Å². The van der Waals surface area contributed by atoms with Gasteiger partial charge in [0, 0.05) is 11.4 Å². The molecule has 0 aliphatic carbocycles. The number of aromatic nitrogens is 2. The van der Waals surface area contributed by atoms with Gasteiger partial charge in [-0.1, -0.05) is 15.9 Å². The Hall–Kier alpha value is -1.69. The van der Waals surface area contributed by atoms with Gasteiger partial charge in [0.15, 0.2) is 12.4 Å². The number of aryl methyl sites for hydroxylation is 1. The summed E-state index contributed by atoms with van der Waals surface area (Å²) in [4.78, 5) is 11.4. The smallest absolute Gasteiger partial charge is 0.253 e. The summed E-state index contributed by atoms with van der Waals surface area (Å²) in [6, 6.07) is 5.24. The van der Waals surface area contributed by atoms with Crippen LogP contribution in [0.3, 0.4) is 0 Å². The van der Waals surface area contributed by atoms with Crippen molar-refractivity contribution in [1.29, 1.82) is 0 Å². The van der Waals surface area contributed by atoms with E-state index in [1.807, 2.05) is 0 Å². The van der Waals surface area contributed by atoms with Crippen LogP contribution in [0.5, 0.6) is 5.75 Å². The van der Waals surface area contributed by atoms with E-state index < -0.39 is 0 Å². The van der Waals surface area contributed by atoms with Gasteiger partial charge in [0.1, 0.15) is 5.75 Å². The molecule has 2 rings (SSSR count). The number of ketones is 1. The summed E-state index contributed by atoms with van der Waals surface area (Å²) in [5.74, 6) is 1.29. The molecule has 0 aliphatic rings. The molecule has 0 bridgehead atoms.